The van der Waals surface area contributed by atoms with Gasteiger partial charge in [0.05, 0.1) is 23.1 Å². The van der Waals surface area contributed by atoms with Crippen molar-refractivity contribution in [1.82, 2.24) is 9.29 Å². The Morgan fingerprint density at radius 1 is 1.15 bits per heavy atom. The van der Waals surface area contributed by atoms with Gasteiger partial charge in [-0.2, -0.15) is 4.31 Å². The number of pyridine rings is 1. The van der Waals surface area contributed by atoms with Crippen molar-refractivity contribution in [1.29, 1.82) is 0 Å². The molecule has 2 heterocycles. The predicted molar refractivity (Wildman–Crippen MR) is 100 cm³/mol. The lowest BCUT2D eigenvalue weighted by atomic mass is 10.1. The van der Waals surface area contributed by atoms with E-state index >= 15 is 0 Å². The van der Waals surface area contributed by atoms with Crippen LogP contribution >= 0.6 is 0 Å². The van der Waals surface area contributed by atoms with Crippen LogP contribution in [0.5, 0.6) is 0 Å². The van der Waals surface area contributed by atoms with Gasteiger partial charge >= 0.3 is 0 Å². The van der Waals surface area contributed by atoms with Gasteiger partial charge in [0.25, 0.3) is 0 Å². The molecule has 1 fully saturated rings. The minimum Gasteiger partial charge on any atom is -0.371 e. The highest BCUT2D eigenvalue weighted by Gasteiger charge is 2.32. The fourth-order valence-electron chi connectivity index (χ4n) is 3.37. The number of fused-ring (bicyclic) bond motifs is 1. The molecule has 0 N–H and O–H groups in total. The Hall–Kier alpha value is -2.35. The number of ether oxygens (including phenoxy) is 1. The average molecular weight is 386 g/mol. The van der Waals surface area contributed by atoms with E-state index in [4.69, 9.17) is 4.74 Å². The zero-order chi connectivity index (χ0) is 19.0. The van der Waals surface area contributed by atoms with Crippen molar-refractivity contribution in [2.24, 2.45) is 0 Å². The SMILES string of the molecule is Cc1ccc(S(=O)(=O)N2CCOC(c3ccc(F)cc3)C2)c2cccnc12. The maximum absolute atomic E-state index is 13.3. The second kappa shape index (κ2) is 6.99. The van der Waals surface area contributed by atoms with Gasteiger partial charge < -0.3 is 4.74 Å². The summed E-state index contributed by atoms with van der Waals surface area (Å²) in [4.78, 5) is 4.57. The van der Waals surface area contributed by atoms with Crippen LogP contribution in [0.3, 0.4) is 0 Å². The van der Waals surface area contributed by atoms with Gasteiger partial charge in [0, 0.05) is 24.7 Å². The molecule has 0 bridgehead atoms. The zero-order valence-electron chi connectivity index (χ0n) is 14.8. The summed E-state index contributed by atoms with van der Waals surface area (Å²) in [7, 11) is -3.72. The monoisotopic (exact) mass is 386 g/mol. The molecule has 1 aliphatic rings. The van der Waals surface area contributed by atoms with Crippen LogP contribution in [0, 0.1) is 12.7 Å². The fraction of sp³-hybridized carbons (Fsp3) is 0.250. The number of benzene rings is 2. The Morgan fingerprint density at radius 2 is 1.93 bits per heavy atom. The minimum atomic E-state index is -3.72. The summed E-state index contributed by atoms with van der Waals surface area (Å²) in [5, 5.41) is 0.613. The van der Waals surface area contributed by atoms with Gasteiger partial charge in [0.2, 0.25) is 10.0 Å². The minimum absolute atomic E-state index is 0.184. The van der Waals surface area contributed by atoms with Crippen LogP contribution in [-0.4, -0.2) is 37.4 Å². The van der Waals surface area contributed by atoms with Crippen molar-refractivity contribution in [3.63, 3.8) is 0 Å². The van der Waals surface area contributed by atoms with Crippen LogP contribution in [0.25, 0.3) is 10.9 Å². The Balaban J connectivity index is 1.70. The predicted octanol–water partition coefficient (Wildman–Crippen LogP) is 3.44. The third kappa shape index (κ3) is 3.34. The summed E-state index contributed by atoms with van der Waals surface area (Å²) < 4.78 is 47.0. The maximum atomic E-state index is 13.3. The number of sulfonamides is 1. The molecule has 2 aromatic carbocycles. The van der Waals surface area contributed by atoms with Crippen LogP contribution in [0.4, 0.5) is 4.39 Å². The first-order valence-electron chi connectivity index (χ1n) is 8.68. The van der Waals surface area contributed by atoms with E-state index in [1.165, 1.54) is 16.4 Å². The molecule has 27 heavy (non-hydrogen) atoms. The van der Waals surface area contributed by atoms with Gasteiger partial charge in [0.15, 0.2) is 0 Å². The summed E-state index contributed by atoms with van der Waals surface area (Å²) in [6, 6.07) is 12.9. The first kappa shape index (κ1) is 18.0. The third-order valence-electron chi connectivity index (χ3n) is 4.82. The van der Waals surface area contributed by atoms with Crippen LogP contribution < -0.4 is 0 Å². The lowest BCUT2D eigenvalue weighted by Crippen LogP contribution is -2.42. The van der Waals surface area contributed by atoms with Crippen LogP contribution in [0.2, 0.25) is 0 Å². The Morgan fingerprint density at radius 3 is 2.70 bits per heavy atom. The summed E-state index contributed by atoms with van der Waals surface area (Å²) >= 11 is 0. The summed E-state index contributed by atoms with van der Waals surface area (Å²) in [5.41, 5.74) is 2.37. The van der Waals surface area contributed by atoms with E-state index in [9.17, 15) is 12.8 Å². The summed E-state index contributed by atoms with van der Waals surface area (Å²) in [6.45, 7) is 2.65. The lowest BCUT2D eigenvalue weighted by molar-refractivity contribution is -0.00256. The largest absolute Gasteiger partial charge is 0.371 e. The van der Waals surface area contributed by atoms with Gasteiger partial charge in [0.1, 0.15) is 5.82 Å². The fourth-order valence-corrected chi connectivity index (χ4v) is 4.98. The number of hydrogen-bond acceptors (Lipinski definition) is 4. The molecule has 0 saturated carbocycles. The smallest absolute Gasteiger partial charge is 0.243 e. The number of halogens is 1. The Bertz CT molecular complexity index is 1080. The normalized spacial score (nSPS) is 18.7. The van der Waals surface area contributed by atoms with E-state index in [1.54, 1.807) is 42.6 Å². The lowest BCUT2D eigenvalue weighted by Gasteiger charge is -2.32. The highest BCUT2D eigenvalue weighted by Crippen LogP contribution is 2.30. The molecule has 0 spiro atoms. The van der Waals surface area contributed by atoms with Crippen molar-refractivity contribution >= 4 is 20.9 Å². The summed E-state index contributed by atoms with van der Waals surface area (Å²) in [6.07, 6.45) is 1.23. The molecule has 140 valence electrons. The number of aryl methyl sites for hydroxylation is 1. The van der Waals surface area contributed by atoms with E-state index in [2.05, 4.69) is 4.98 Å². The van der Waals surface area contributed by atoms with Crippen LogP contribution in [0.15, 0.2) is 59.6 Å². The quantitative estimate of drug-likeness (QED) is 0.692. The molecule has 0 amide bonds. The molecule has 0 radical (unpaired) electrons. The van der Waals surface area contributed by atoms with E-state index in [0.29, 0.717) is 10.9 Å². The van der Waals surface area contributed by atoms with Crippen molar-refractivity contribution in [2.75, 3.05) is 19.7 Å². The van der Waals surface area contributed by atoms with E-state index in [0.717, 1.165) is 11.1 Å². The van der Waals surface area contributed by atoms with Crippen LogP contribution in [0.1, 0.15) is 17.2 Å². The maximum Gasteiger partial charge on any atom is 0.243 e. The first-order valence-corrected chi connectivity index (χ1v) is 10.1. The van der Waals surface area contributed by atoms with Crippen molar-refractivity contribution in [3.05, 3.63) is 71.7 Å². The average Bonchev–Trinajstić information content (AvgIpc) is 2.69. The second-order valence-corrected chi connectivity index (χ2v) is 8.46. The number of morpholine rings is 1. The van der Waals surface area contributed by atoms with E-state index in [-0.39, 0.29) is 30.4 Å². The van der Waals surface area contributed by atoms with Gasteiger partial charge in [-0.3, -0.25) is 4.98 Å². The molecule has 5 nitrogen and oxygen atoms in total. The highest BCUT2D eigenvalue weighted by molar-refractivity contribution is 7.89. The molecule has 3 aromatic rings. The Kier molecular flexibility index (Phi) is 4.67. The molecule has 1 aromatic heterocycles. The first-order chi connectivity index (χ1) is 13.0. The molecule has 0 aliphatic carbocycles. The van der Waals surface area contributed by atoms with E-state index in [1.807, 2.05) is 6.92 Å². The molecule has 4 rings (SSSR count). The Labute approximate surface area is 157 Å². The second-order valence-electron chi connectivity index (χ2n) is 6.55. The molecule has 1 unspecified atom stereocenters. The standard InChI is InChI=1S/C20H19FN2O3S/c1-14-4-9-19(17-3-2-10-22-20(14)17)27(24,25)23-11-12-26-18(13-23)15-5-7-16(21)8-6-15/h2-10,18H,11-13H2,1H3. The van der Waals surface area contributed by atoms with Crippen molar-refractivity contribution in [3.8, 4) is 0 Å². The number of aromatic nitrogens is 1. The van der Waals surface area contributed by atoms with E-state index < -0.39 is 16.1 Å². The number of hydrogen-bond donors (Lipinski definition) is 0. The molecular formula is C20H19FN2O3S. The van der Waals surface area contributed by atoms with Crippen molar-refractivity contribution in [2.45, 2.75) is 17.9 Å². The molecule has 1 aliphatic heterocycles. The number of nitrogens with zero attached hydrogens (tertiary/aromatic N) is 2. The van der Waals surface area contributed by atoms with Gasteiger partial charge in [-0.25, -0.2) is 12.8 Å². The van der Waals surface area contributed by atoms with Gasteiger partial charge in [-0.15, -0.1) is 0 Å². The third-order valence-corrected chi connectivity index (χ3v) is 6.74. The summed E-state index contributed by atoms with van der Waals surface area (Å²) in [5.74, 6) is -0.335. The molecule has 1 atom stereocenters. The zero-order valence-corrected chi connectivity index (χ0v) is 15.6. The molecule has 7 heteroatoms. The molecule has 1 saturated heterocycles. The van der Waals surface area contributed by atoms with Crippen molar-refractivity contribution < 1.29 is 17.5 Å². The molecular weight excluding hydrogens is 367 g/mol. The highest BCUT2D eigenvalue weighted by atomic mass is 32.2. The van der Waals surface area contributed by atoms with Gasteiger partial charge in [-0.1, -0.05) is 18.2 Å². The number of rotatable bonds is 3. The topological polar surface area (TPSA) is 59.5 Å². The van der Waals surface area contributed by atoms with Crippen LogP contribution in [-0.2, 0) is 14.8 Å². The van der Waals surface area contributed by atoms with Gasteiger partial charge in [-0.05, 0) is 48.4 Å².